The van der Waals surface area contributed by atoms with Crippen LogP contribution in [0.1, 0.15) is 40.0 Å². The second-order valence-corrected chi connectivity index (χ2v) is 6.97. The van der Waals surface area contributed by atoms with Crippen molar-refractivity contribution in [1.29, 1.82) is 0 Å². The molecule has 0 aromatic carbocycles. The minimum Gasteiger partial charge on any atom is -0.364 e. The van der Waals surface area contributed by atoms with Crippen molar-refractivity contribution in [3.8, 4) is 0 Å². The number of hydrogen-bond acceptors (Lipinski definition) is 3. The topological polar surface area (TPSA) is 24.4 Å². The van der Waals surface area contributed by atoms with E-state index in [4.69, 9.17) is 0 Å². The fraction of sp³-hybridized carbons (Fsp3) is 0.917. The number of aliphatic imine (C=N–C) groups is 1. The minimum atomic E-state index is 0.583. The van der Waals surface area contributed by atoms with Gasteiger partial charge in [0.2, 0.25) is 0 Å². The first kappa shape index (κ1) is 11.3. The summed E-state index contributed by atoms with van der Waals surface area (Å²) in [7, 11) is 0. The lowest BCUT2D eigenvalue weighted by atomic mass is 10.1. The SMILES string of the molecule is CC(C)CC1CN=C(NCC2(C)CC2)S1. The molecule has 0 spiro atoms. The average Bonchev–Trinajstić information content (AvgIpc) is 2.73. The average molecular weight is 226 g/mol. The zero-order valence-electron chi connectivity index (χ0n) is 10.0. The van der Waals surface area contributed by atoms with Gasteiger partial charge in [0, 0.05) is 11.8 Å². The Bertz CT molecular complexity index is 256. The molecule has 1 heterocycles. The number of rotatable bonds is 4. The molecule has 0 amide bonds. The van der Waals surface area contributed by atoms with Gasteiger partial charge in [-0.15, -0.1) is 0 Å². The third-order valence-corrected chi connectivity index (χ3v) is 4.39. The first-order chi connectivity index (χ1) is 7.07. The van der Waals surface area contributed by atoms with Gasteiger partial charge in [-0.1, -0.05) is 32.5 Å². The standard InChI is InChI=1S/C12H22N2S/c1-9(2)6-10-7-13-11(15-10)14-8-12(3)4-5-12/h9-10H,4-8H2,1-3H3,(H,13,14). The zero-order valence-corrected chi connectivity index (χ0v) is 10.9. The molecule has 1 fully saturated rings. The predicted octanol–water partition coefficient (Wildman–Crippen LogP) is 2.89. The van der Waals surface area contributed by atoms with Crippen LogP contribution in [-0.4, -0.2) is 23.5 Å². The van der Waals surface area contributed by atoms with Crippen molar-refractivity contribution in [2.45, 2.75) is 45.3 Å². The summed E-state index contributed by atoms with van der Waals surface area (Å²) in [6.07, 6.45) is 4.05. The monoisotopic (exact) mass is 226 g/mol. The van der Waals surface area contributed by atoms with Gasteiger partial charge in [0.1, 0.15) is 0 Å². The molecule has 2 aliphatic rings. The van der Waals surface area contributed by atoms with E-state index in [1.165, 1.54) is 24.4 Å². The number of thioether (sulfide) groups is 1. The quantitative estimate of drug-likeness (QED) is 0.797. The molecule has 1 saturated carbocycles. The summed E-state index contributed by atoms with van der Waals surface area (Å²) in [6.45, 7) is 9.06. The molecule has 0 radical (unpaired) electrons. The van der Waals surface area contributed by atoms with Crippen molar-refractivity contribution in [2.75, 3.05) is 13.1 Å². The summed E-state index contributed by atoms with van der Waals surface area (Å²) >= 11 is 1.95. The molecular weight excluding hydrogens is 204 g/mol. The molecule has 1 aliphatic carbocycles. The third kappa shape index (κ3) is 3.40. The summed E-state index contributed by atoms with van der Waals surface area (Å²) in [5.74, 6) is 0.790. The van der Waals surface area contributed by atoms with Crippen molar-refractivity contribution in [3.05, 3.63) is 0 Å². The maximum absolute atomic E-state index is 4.57. The highest BCUT2D eigenvalue weighted by atomic mass is 32.2. The van der Waals surface area contributed by atoms with Crippen LogP contribution < -0.4 is 5.32 Å². The fourth-order valence-electron chi connectivity index (χ4n) is 1.84. The number of hydrogen-bond donors (Lipinski definition) is 1. The van der Waals surface area contributed by atoms with Crippen LogP contribution in [0.25, 0.3) is 0 Å². The van der Waals surface area contributed by atoms with E-state index in [0.29, 0.717) is 5.41 Å². The van der Waals surface area contributed by atoms with Gasteiger partial charge in [-0.3, -0.25) is 4.99 Å². The van der Waals surface area contributed by atoms with E-state index in [2.05, 4.69) is 31.1 Å². The Labute approximate surface area is 97.3 Å². The van der Waals surface area contributed by atoms with E-state index in [9.17, 15) is 0 Å². The van der Waals surface area contributed by atoms with E-state index in [1.54, 1.807) is 0 Å². The first-order valence-electron chi connectivity index (χ1n) is 6.02. The summed E-state index contributed by atoms with van der Waals surface area (Å²) < 4.78 is 0. The lowest BCUT2D eigenvalue weighted by Gasteiger charge is -2.13. The van der Waals surface area contributed by atoms with Crippen molar-refractivity contribution >= 4 is 16.9 Å². The summed E-state index contributed by atoms with van der Waals surface area (Å²) in [5, 5.41) is 5.41. The number of nitrogens with one attached hydrogen (secondary N) is 1. The van der Waals surface area contributed by atoms with Gasteiger partial charge in [0.15, 0.2) is 5.17 Å². The van der Waals surface area contributed by atoms with Crippen LogP contribution in [0.3, 0.4) is 0 Å². The highest BCUT2D eigenvalue weighted by Crippen LogP contribution is 2.44. The highest BCUT2D eigenvalue weighted by Gasteiger charge is 2.37. The first-order valence-corrected chi connectivity index (χ1v) is 6.90. The largest absolute Gasteiger partial charge is 0.364 e. The predicted molar refractivity (Wildman–Crippen MR) is 68.5 cm³/mol. The molecule has 3 heteroatoms. The van der Waals surface area contributed by atoms with Crippen LogP contribution in [0, 0.1) is 11.3 Å². The summed E-state index contributed by atoms with van der Waals surface area (Å²) in [4.78, 5) is 4.57. The molecule has 2 nitrogen and oxygen atoms in total. The summed E-state index contributed by atoms with van der Waals surface area (Å²) in [5.41, 5.74) is 0.583. The lowest BCUT2D eigenvalue weighted by Crippen LogP contribution is -2.26. The van der Waals surface area contributed by atoms with Crippen molar-refractivity contribution in [3.63, 3.8) is 0 Å². The van der Waals surface area contributed by atoms with E-state index >= 15 is 0 Å². The second-order valence-electron chi connectivity index (χ2n) is 5.68. The van der Waals surface area contributed by atoms with Crippen molar-refractivity contribution in [1.82, 2.24) is 5.32 Å². The molecule has 1 atom stereocenters. The van der Waals surface area contributed by atoms with Gasteiger partial charge >= 0.3 is 0 Å². The van der Waals surface area contributed by atoms with Gasteiger partial charge in [-0.2, -0.15) is 0 Å². The van der Waals surface area contributed by atoms with E-state index < -0.39 is 0 Å². The minimum absolute atomic E-state index is 0.583. The molecule has 1 N–H and O–H groups in total. The third-order valence-electron chi connectivity index (χ3n) is 3.22. The molecule has 0 bridgehead atoms. The van der Waals surface area contributed by atoms with Gasteiger partial charge in [-0.25, -0.2) is 0 Å². The smallest absolute Gasteiger partial charge is 0.156 e. The Morgan fingerprint density at radius 1 is 1.53 bits per heavy atom. The van der Waals surface area contributed by atoms with E-state index in [1.807, 2.05) is 11.8 Å². The Morgan fingerprint density at radius 2 is 2.27 bits per heavy atom. The maximum Gasteiger partial charge on any atom is 0.156 e. The van der Waals surface area contributed by atoms with Crippen LogP contribution in [0.15, 0.2) is 4.99 Å². The van der Waals surface area contributed by atoms with Crippen LogP contribution in [0.5, 0.6) is 0 Å². The van der Waals surface area contributed by atoms with Crippen molar-refractivity contribution < 1.29 is 0 Å². The van der Waals surface area contributed by atoms with Crippen LogP contribution in [0.2, 0.25) is 0 Å². The molecule has 0 aromatic heterocycles. The Morgan fingerprint density at radius 3 is 2.87 bits per heavy atom. The fourth-order valence-corrected chi connectivity index (χ4v) is 3.09. The lowest BCUT2D eigenvalue weighted by molar-refractivity contribution is 0.557. The van der Waals surface area contributed by atoms with Gasteiger partial charge in [0.25, 0.3) is 0 Å². The van der Waals surface area contributed by atoms with E-state index in [-0.39, 0.29) is 0 Å². The zero-order chi connectivity index (χ0) is 10.9. The number of nitrogens with zero attached hydrogens (tertiary/aromatic N) is 1. The van der Waals surface area contributed by atoms with Gasteiger partial charge in [-0.05, 0) is 30.6 Å². The Balaban J connectivity index is 1.67. The molecule has 1 aliphatic heterocycles. The number of amidine groups is 1. The molecular formula is C12H22N2S. The van der Waals surface area contributed by atoms with Gasteiger partial charge < -0.3 is 5.32 Å². The van der Waals surface area contributed by atoms with E-state index in [0.717, 1.165) is 24.3 Å². The van der Waals surface area contributed by atoms with Gasteiger partial charge in [0.05, 0.1) is 6.54 Å². The Hall–Kier alpha value is -0.180. The van der Waals surface area contributed by atoms with Crippen LogP contribution in [-0.2, 0) is 0 Å². The molecule has 86 valence electrons. The highest BCUT2D eigenvalue weighted by molar-refractivity contribution is 8.14. The molecule has 0 saturated heterocycles. The second kappa shape index (κ2) is 4.36. The Kier molecular flexibility index (Phi) is 3.29. The summed E-state index contributed by atoms with van der Waals surface area (Å²) in [6, 6.07) is 0. The van der Waals surface area contributed by atoms with Crippen LogP contribution in [0.4, 0.5) is 0 Å². The molecule has 1 unspecified atom stereocenters. The normalized spacial score (nSPS) is 28.0. The molecule has 0 aromatic rings. The maximum atomic E-state index is 4.57. The van der Waals surface area contributed by atoms with Crippen molar-refractivity contribution in [2.24, 2.45) is 16.3 Å². The van der Waals surface area contributed by atoms with Crippen LogP contribution >= 0.6 is 11.8 Å². The molecule has 2 rings (SSSR count). The molecule has 15 heavy (non-hydrogen) atoms.